The van der Waals surface area contributed by atoms with E-state index in [0.717, 1.165) is 18.4 Å². The predicted molar refractivity (Wildman–Crippen MR) is 76.5 cm³/mol. The van der Waals surface area contributed by atoms with Crippen LogP contribution in [0.4, 0.5) is 11.4 Å². The lowest BCUT2D eigenvalue weighted by molar-refractivity contribution is -0.124. The number of hydrogen-bond donors (Lipinski definition) is 3. The van der Waals surface area contributed by atoms with Crippen LogP contribution in [0.2, 0.25) is 0 Å². The van der Waals surface area contributed by atoms with E-state index >= 15 is 0 Å². The summed E-state index contributed by atoms with van der Waals surface area (Å²) in [6, 6.07) is 5.32. The first-order valence-electron chi connectivity index (χ1n) is 6.63. The highest BCUT2D eigenvalue weighted by Crippen LogP contribution is 2.22. The quantitative estimate of drug-likeness (QED) is 0.765. The standard InChI is InChI=1S/C14H19N3O3/c1-9-4-5-10(16-13(18)8-15)7-11(9)17-14(19)12-3-2-6-20-12/h4-5,7,12H,2-3,6,8,15H2,1H3,(H,16,18)(H,17,19). The van der Waals surface area contributed by atoms with Crippen LogP contribution in [0.15, 0.2) is 18.2 Å². The number of carbonyl (C=O) groups excluding carboxylic acids is 2. The number of nitrogens with two attached hydrogens (primary N) is 1. The van der Waals surface area contributed by atoms with E-state index in [4.69, 9.17) is 10.5 Å². The van der Waals surface area contributed by atoms with Crippen LogP contribution in [0.1, 0.15) is 18.4 Å². The van der Waals surface area contributed by atoms with Gasteiger partial charge < -0.3 is 21.1 Å². The zero-order chi connectivity index (χ0) is 14.5. The van der Waals surface area contributed by atoms with E-state index in [2.05, 4.69) is 10.6 Å². The zero-order valence-corrected chi connectivity index (χ0v) is 11.4. The average Bonchev–Trinajstić information content (AvgIpc) is 2.96. The Morgan fingerprint density at radius 3 is 2.85 bits per heavy atom. The fraction of sp³-hybridized carbons (Fsp3) is 0.429. The molecule has 6 heteroatoms. The molecule has 1 aromatic rings. The first-order valence-corrected chi connectivity index (χ1v) is 6.63. The molecule has 0 aliphatic carbocycles. The van der Waals surface area contributed by atoms with Crippen LogP contribution in [0, 0.1) is 6.92 Å². The van der Waals surface area contributed by atoms with Crippen LogP contribution in [0.5, 0.6) is 0 Å². The molecule has 1 unspecified atom stereocenters. The molecule has 0 bridgehead atoms. The zero-order valence-electron chi connectivity index (χ0n) is 11.4. The third-order valence-electron chi connectivity index (χ3n) is 3.19. The van der Waals surface area contributed by atoms with Gasteiger partial charge in [-0.1, -0.05) is 6.07 Å². The summed E-state index contributed by atoms with van der Waals surface area (Å²) in [5, 5.41) is 5.49. The summed E-state index contributed by atoms with van der Waals surface area (Å²) in [7, 11) is 0. The molecule has 108 valence electrons. The number of ether oxygens (including phenoxy) is 1. The van der Waals surface area contributed by atoms with E-state index in [1.807, 2.05) is 13.0 Å². The summed E-state index contributed by atoms with van der Waals surface area (Å²) in [4.78, 5) is 23.3. The number of nitrogens with one attached hydrogen (secondary N) is 2. The fourth-order valence-corrected chi connectivity index (χ4v) is 2.04. The van der Waals surface area contributed by atoms with E-state index < -0.39 is 0 Å². The molecule has 6 nitrogen and oxygen atoms in total. The Labute approximate surface area is 117 Å². The molecule has 20 heavy (non-hydrogen) atoms. The first kappa shape index (κ1) is 14.5. The Hall–Kier alpha value is -1.92. The Morgan fingerprint density at radius 1 is 1.40 bits per heavy atom. The summed E-state index contributed by atoms with van der Waals surface area (Å²) in [6.45, 7) is 2.44. The van der Waals surface area contributed by atoms with Gasteiger partial charge >= 0.3 is 0 Å². The number of amides is 2. The van der Waals surface area contributed by atoms with E-state index in [1.54, 1.807) is 12.1 Å². The second kappa shape index (κ2) is 6.49. The summed E-state index contributed by atoms with van der Waals surface area (Å²) < 4.78 is 5.34. The van der Waals surface area contributed by atoms with E-state index in [1.165, 1.54) is 0 Å². The maximum Gasteiger partial charge on any atom is 0.253 e. The van der Waals surface area contributed by atoms with Gasteiger partial charge in [0.2, 0.25) is 5.91 Å². The van der Waals surface area contributed by atoms with Crippen molar-refractivity contribution in [3.63, 3.8) is 0 Å². The molecule has 1 fully saturated rings. The smallest absolute Gasteiger partial charge is 0.253 e. The van der Waals surface area contributed by atoms with Gasteiger partial charge in [-0.2, -0.15) is 0 Å². The van der Waals surface area contributed by atoms with Gasteiger partial charge in [0.05, 0.1) is 6.54 Å². The van der Waals surface area contributed by atoms with Gasteiger partial charge in [-0.25, -0.2) is 0 Å². The highest BCUT2D eigenvalue weighted by molar-refractivity contribution is 5.97. The first-order chi connectivity index (χ1) is 9.60. The van der Waals surface area contributed by atoms with Gasteiger partial charge in [0.15, 0.2) is 0 Å². The minimum absolute atomic E-state index is 0.0779. The minimum atomic E-state index is -0.378. The summed E-state index contributed by atoms with van der Waals surface area (Å²) in [6.07, 6.45) is 1.27. The average molecular weight is 277 g/mol. The van der Waals surface area contributed by atoms with Crippen molar-refractivity contribution in [2.45, 2.75) is 25.9 Å². The van der Waals surface area contributed by atoms with Crippen LogP contribution >= 0.6 is 0 Å². The van der Waals surface area contributed by atoms with Crippen molar-refractivity contribution in [3.05, 3.63) is 23.8 Å². The molecule has 1 saturated heterocycles. The van der Waals surface area contributed by atoms with Crippen LogP contribution in [-0.4, -0.2) is 31.1 Å². The molecular formula is C14H19N3O3. The van der Waals surface area contributed by atoms with Gasteiger partial charge in [0, 0.05) is 18.0 Å². The van der Waals surface area contributed by atoms with Crippen LogP contribution in [-0.2, 0) is 14.3 Å². The molecule has 2 amide bonds. The highest BCUT2D eigenvalue weighted by atomic mass is 16.5. The van der Waals surface area contributed by atoms with Gasteiger partial charge in [-0.3, -0.25) is 9.59 Å². The molecule has 1 aliphatic rings. The maximum atomic E-state index is 12.0. The van der Waals surface area contributed by atoms with Crippen LogP contribution < -0.4 is 16.4 Å². The van der Waals surface area contributed by atoms with Crippen molar-refractivity contribution in [1.29, 1.82) is 0 Å². The van der Waals surface area contributed by atoms with Crippen molar-refractivity contribution in [1.82, 2.24) is 0 Å². The summed E-state index contributed by atoms with van der Waals surface area (Å²) in [5.41, 5.74) is 7.44. The van der Waals surface area contributed by atoms with Crippen LogP contribution in [0.3, 0.4) is 0 Å². The number of rotatable bonds is 4. The highest BCUT2D eigenvalue weighted by Gasteiger charge is 2.23. The molecule has 2 rings (SSSR count). The Morgan fingerprint density at radius 2 is 2.20 bits per heavy atom. The van der Waals surface area contributed by atoms with Crippen molar-refractivity contribution in [3.8, 4) is 0 Å². The third kappa shape index (κ3) is 3.55. The molecular weight excluding hydrogens is 258 g/mol. The Balaban J connectivity index is 2.07. The maximum absolute atomic E-state index is 12.0. The van der Waals surface area contributed by atoms with Gasteiger partial charge in [0.1, 0.15) is 6.10 Å². The topological polar surface area (TPSA) is 93.5 Å². The van der Waals surface area contributed by atoms with Crippen molar-refractivity contribution < 1.29 is 14.3 Å². The number of carbonyl (C=O) groups is 2. The predicted octanol–water partition coefficient (Wildman–Crippen LogP) is 1.01. The van der Waals surface area contributed by atoms with Gasteiger partial charge in [0.25, 0.3) is 5.91 Å². The second-order valence-electron chi connectivity index (χ2n) is 4.77. The van der Waals surface area contributed by atoms with Gasteiger partial charge in [-0.05, 0) is 37.5 Å². The molecule has 0 saturated carbocycles. The minimum Gasteiger partial charge on any atom is -0.368 e. The SMILES string of the molecule is Cc1ccc(NC(=O)CN)cc1NC(=O)C1CCCO1. The summed E-state index contributed by atoms with van der Waals surface area (Å²) >= 11 is 0. The van der Waals surface area contributed by atoms with Gasteiger partial charge in [-0.15, -0.1) is 0 Å². The Kier molecular flexibility index (Phi) is 4.70. The number of hydrogen-bond acceptors (Lipinski definition) is 4. The number of anilines is 2. The lowest BCUT2D eigenvalue weighted by atomic mass is 10.1. The lowest BCUT2D eigenvalue weighted by Gasteiger charge is -2.14. The molecule has 1 aliphatic heterocycles. The largest absolute Gasteiger partial charge is 0.368 e. The van der Waals surface area contributed by atoms with E-state index in [-0.39, 0.29) is 24.5 Å². The van der Waals surface area contributed by atoms with Crippen molar-refractivity contribution in [2.24, 2.45) is 5.73 Å². The van der Waals surface area contributed by atoms with Crippen molar-refractivity contribution in [2.75, 3.05) is 23.8 Å². The Bertz CT molecular complexity index is 510. The molecule has 1 heterocycles. The molecule has 0 spiro atoms. The third-order valence-corrected chi connectivity index (χ3v) is 3.19. The summed E-state index contributed by atoms with van der Waals surface area (Å²) in [5.74, 6) is -0.418. The van der Waals surface area contributed by atoms with E-state index in [9.17, 15) is 9.59 Å². The normalized spacial score (nSPS) is 17.8. The monoisotopic (exact) mass is 277 g/mol. The molecule has 1 atom stereocenters. The lowest BCUT2D eigenvalue weighted by Crippen LogP contribution is -2.27. The van der Waals surface area contributed by atoms with Crippen molar-refractivity contribution >= 4 is 23.2 Å². The molecule has 0 aromatic heterocycles. The second-order valence-corrected chi connectivity index (χ2v) is 4.77. The van der Waals surface area contributed by atoms with Crippen LogP contribution in [0.25, 0.3) is 0 Å². The van der Waals surface area contributed by atoms with E-state index in [0.29, 0.717) is 18.0 Å². The number of aryl methyl sites for hydroxylation is 1. The molecule has 0 radical (unpaired) electrons. The molecule has 1 aromatic carbocycles. The fourth-order valence-electron chi connectivity index (χ4n) is 2.04. The molecule has 4 N–H and O–H groups in total. The number of benzene rings is 1.